The van der Waals surface area contributed by atoms with Crippen molar-refractivity contribution in [2.24, 2.45) is 0 Å². The van der Waals surface area contributed by atoms with Crippen LogP contribution in [0.25, 0.3) is 0 Å². The molecule has 1 aromatic rings. The van der Waals surface area contributed by atoms with Gasteiger partial charge in [-0.05, 0) is 38.1 Å². The fourth-order valence-electron chi connectivity index (χ4n) is 1.63. The van der Waals surface area contributed by atoms with Crippen LogP contribution in [0.1, 0.15) is 12.8 Å². The maximum absolute atomic E-state index is 13.2. The molecule has 1 aliphatic heterocycles. The molecule has 1 aromatic carbocycles. The van der Waals surface area contributed by atoms with Crippen molar-refractivity contribution in [2.75, 3.05) is 13.1 Å². The van der Waals surface area contributed by atoms with Crippen molar-refractivity contribution in [1.82, 2.24) is 5.32 Å². The van der Waals surface area contributed by atoms with Gasteiger partial charge in [-0.3, -0.25) is 0 Å². The summed E-state index contributed by atoms with van der Waals surface area (Å²) < 4.78 is 18.8. The molecule has 2 nitrogen and oxygen atoms in total. The molecule has 0 saturated carbocycles. The minimum Gasteiger partial charge on any atom is -0.487 e. The van der Waals surface area contributed by atoms with Gasteiger partial charge in [-0.2, -0.15) is 0 Å². The van der Waals surface area contributed by atoms with Gasteiger partial charge >= 0.3 is 0 Å². The summed E-state index contributed by atoms with van der Waals surface area (Å²) in [6.45, 7) is 1.91. The van der Waals surface area contributed by atoms with Gasteiger partial charge in [0.05, 0.1) is 0 Å². The van der Waals surface area contributed by atoms with Gasteiger partial charge in [0.1, 0.15) is 6.10 Å². The predicted octanol–water partition coefficient (Wildman–Crippen LogP) is 2.38. The van der Waals surface area contributed by atoms with Crippen molar-refractivity contribution >= 4 is 12.4 Å². The summed E-state index contributed by atoms with van der Waals surface area (Å²) in [5, 5.41) is 3.24. The predicted molar refractivity (Wildman–Crippen MR) is 60.2 cm³/mol. The van der Waals surface area contributed by atoms with Gasteiger partial charge in [0.25, 0.3) is 0 Å². The van der Waals surface area contributed by atoms with Gasteiger partial charge in [-0.25, -0.2) is 4.39 Å². The van der Waals surface area contributed by atoms with Crippen LogP contribution in [0.2, 0.25) is 0 Å². The highest BCUT2D eigenvalue weighted by Crippen LogP contribution is 2.19. The monoisotopic (exact) mass is 231 g/mol. The Morgan fingerprint density at radius 3 is 2.53 bits per heavy atom. The van der Waals surface area contributed by atoms with E-state index in [9.17, 15) is 4.39 Å². The molecular weight excluding hydrogens is 217 g/mol. The zero-order valence-electron chi connectivity index (χ0n) is 8.41. The molecule has 1 N–H and O–H groups in total. The second-order valence-corrected chi connectivity index (χ2v) is 3.50. The lowest BCUT2D eigenvalue weighted by Gasteiger charge is -2.23. The van der Waals surface area contributed by atoms with Crippen molar-refractivity contribution in [1.29, 1.82) is 0 Å². The third-order valence-electron chi connectivity index (χ3n) is 2.42. The summed E-state index contributed by atoms with van der Waals surface area (Å²) >= 11 is 0. The third-order valence-corrected chi connectivity index (χ3v) is 2.42. The first-order valence-corrected chi connectivity index (χ1v) is 4.98. The highest BCUT2D eigenvalue weighted by atomic mass is 35.5. The summed E-state index contributed by atoms with van der Waals surface area (Å²) in [4.78, 5) is 0. The average Bonchev–Trinajstić information content (AvgIpc) is 2.23. The number of hydrogen-bond acceptors (Lipinski definition) is 2. The molecule has 1 aliphatic rings. The maximum atomic E-state index is 13.2. The Hall–Kier alpha value is -0.800. The first kappa shape index (κ1) is 12.3. The highest BCUT2D eigenvalue weighted by molar-refractivity contribution is 5.85. The van der Waals surface area contributed by atoms with Gasteiger partial charge in [0, 0.05) is 0 Å². The number of para-hydroxylation sites is 1. The molecule has 1 heterocycles. The second-order valence-electron chi connectivity index (χ2n) is 3.50. The van der Waals surface area contributed by atoms with Crippen molar-refractivity contribution in [3.8, 4) is 5.75 Å². The van der Waals surface area contributed by atoms with Crippen molar-refractivity contribution in [3.05, 3.63) is 30.1 Å². The van der Waals surface area contributed by atoms with Crippen molar-refractivity contribution in [2.45, 2.75) is 18.9 Å². The summed E-state index contributed by atoms with van der Waals surface area (Å²) in [5.41, 5.74) is 0. The molecule has 15 heavy (non-hydrogen) atoms. The summed E-state index contributed by atoms with van der Waals surface area (Å²) in [5.74, 6) is 0.102. The van der Waals surface area contributed by atoms with Gasteiger partial charge in [-0.1, -0.05) is 12.1 Å². The zero-order chi connectivity index (χ0) is 9.80. The van der Waals surface area contributed by atoms with E-state index in [2.05, 4.69) is 5.32 Å². The number of halogens is 2. The van der Waals surface area contributed by atoms with Crippen LogP contribution in [0.3, 0.4) is 0 Å². The fourth-order valence-corrected chi connectivity index (χ4v) is 1.63. The SMILES string of the molecule is Cl.Fc1ccccc1OC1CCNCC1. The van der Waals surface area contributed by atoms with E-state index in [1.807, 2.05) is 0 Å². The van der Waals surface area contributed by atoms with Gasteiger partial charge in [0.2, 0.25) is 0 Å². The Bertz CT molecular complexity index is 302. The number of ether oxygens (including phenoxy) is 1. The normalized spacial score (nSPS) is 16.9. The molecule has 1 fully saturated rings. The van der Waals surface area contributed by atoms with Crippen LogP contribution in [0, 0.1) is 5.82 Å². The number of nitrogens with one attached hydrogen (secondary N) is 1. The minimum absolute atomic E-state index is 0. The average molecular weight is 232 g/mol. The largest absolute Gasteiger partial charge is 0.487 e. The molecule has 2 rings (SSSR count). The molecule has 0 aliphatic carbocycles. The van der Waals surface area contributed by atoms with Crippen LogP contribution in [-0.4, -0.2) is 19.2 Å². The van der Waals surface area contributed by atoms with Crippen LogP contribution >= 0.6 is 12.4 Å². The summed E-state index contributed by atoms with van der Waals surface area (Å²) in [6.07, 6.45) is 2.07. The first-order chi connectivity index (χ1) is 6.86. The fraction of sp³-hybridized carbons (Fsp3) is 0.455. The molecule has 0 spiro atoms. The number of hydrogen-bond donors (Lipinski definition) is 1. The van der Waals surface area contributed by atoms with E-state index in [-0.39, 0.29) is 24.3 Å². The van der Waals surface area contributed by atoms with Gasteiger partial charge < -0.3 is 10.1 Å². The Labute approximate surface area is 95.2 Å². The minimum atomic E-state index is -0.272. The van der Waals surface area contributed by atoms with Crippen LogP contribution in [0.15, 0.2) is 24.3 Å². The Morgan fingerprint density at radius 2 is 1.87 bits per heavy atom. The van der Waals surface area contributed by atoms with E-state index in [4.69, 9.17) is 4.74 Å². The second kappa shape index (κ2) is 5.93. The lowest BCUT2D eigenvalue weighted by molar-refractivity contribution is 0.156. The van der Waals surface area contributed by atoms with E-state index < -0.39 is 0 Å². The Morgan fingerprint density at radius 1 is 1.20 bits per heavy atom. The third kappa shape index (κ3) is 3.36. The maximum Gasteiger partial charge on any atom is 0.165 e. The molecule has 4 heteroatoms. The first-order valence-electron chi connectivity index (χ1n) is 4.98. The molecule has 0 atom stereocenters. The molecule has 1 saturated heterocycles. The van der Waals surface area contributed by atoms with Crippen molar-refractivity contribution < 1.29 is 9.13 Å². The van der Waals surface area contributed by atoms with E-state index >= 15 is 0 Å². The van der Waals surface area contributed by atoms with Crippen LogP contribution < -0.4 is 10.1 Å². The van der Waals surface area contributed by atoms with Crippen LogP contribution in [0.4, 0.5) is 4.39 Å². The van der Waals surface area contributed by atoms with Crippen LogP contribution in [0.5, 0.6) is 5.75 Å². The van der Waals surface area contributed by atoms with E-state index in [0.29, 0.717) is 5.75 Å². The van der Waals surface area contributed by atoms with Gasteiger partial charge in [-0.15, -0.1) is 12.4 Å². The molecule has 0 amide bonds. The van der Waals surface area contributed by atoms with E-state index in [1.54, 1.807) is 18.2 Å². The topological polar surface area (TPSA) is 21.3 Å². The van der Waals surface area contributed by atoms with Crippen LogP contribution in [-0.2, 0) is 0 Å². The zero-order valence-corrected chi connectivity index (χ0v) is 9.23. The lowest BCUT2D eigenvalue weighted by Crippen LogP contribution is -2.34. The molecule has 84 valence electrons. The van der Waals surface area contributed by atoms with E-state index in [1.165, 1.54) is 6.07 Å². The smallest absolute Gasteiger partial charge is 0.165 e. The van der Waals surface area contributed by atoms with E-state index in [0.717, 1.165) is 25.9 Å². The van der Waals surface area contributed by atoms with Gasteiger partial charge in [0.15, 0.2) is 11.6 Å². The molecule has 0 unspecified atom stereocenters. The Balaban J connectivity index is 0.00000112. The standard InChI is InChI=1S/C11H14FNO.ClH/c12-10-3-1-2-4-11(10)14-9-5-7-13-8-6-9;/h1-4,9,13H,5-8H2;1H. The Kier molecular flexibility index (Phi) is 4.85. The van der Waals surface area contributed by atoms with Crippen molar-refractivity contribution in [3.63, 3.8) is 0 Å². The quantitative estimate of drug-likeness (QED) is 0.844. The number of piperidine rings is 1. The summed E-state index contributed by atoms with van der Waals surface area (Å²) in [6, 6.07) is 6.57. The lowest BCUT2D eigenvalue weighted by atomic mass is 10.1. The summed E-state index contributed by atoms with van der Waals surface area (Å²) in [7, 11) is 0. The molecular formula is C11H15ClFNO. The number of benzene rings is 1. The number of rotatable bonds is 2. The highest BCUT2D eigenvalue weighted by Gasteiger charge is 2.15. The molecule has 0 bridgehead atoms. The molecule has 0 aromatic heterocycles. The molecule has 0 radical (unpaired) electrons.